The van der Waals surface area contributed by atoms with Crippen molar-refractivity contribution in [2.75, 3.05) is 19.8 Å². The number of rotatable bonds is 11. The van der Waals surface area contributed by atoms with Gasteiger partial charge in [-0.25, -0.2) is 9.59 Å². The van der Waals surface area contributed by atoms with E-state index >= 15 is 0 Å². The van der Waals surface area contributed by atoms with E-state index in [2.05, 4.69) is 5.32 Å². The number of carbonyl (C=O) groups excluding carboxylic acids is 1. The minimum atomic E-state index is -1.08. The Balaban J connectivity index is 1.38. The Morgan fingerprint density at radius 3 is 2.51 bits per heavy atom. The second kappa shape index (κ2) is 11.6. The van der Waals surface area contributed by atoms with Crippen molar-refractivity contribution in [1.82, 2.24) is 5.32 Å². The quantitative estimate of drug-likeness (QED) is 0.488. The van der Waals surface area contributed by atoms with Gasteiger partial charge >= 0.3 is 12.1 Å². The first-order valence-electron chi connectivity index (χ1n) is 12.1. The molecule has 2 aromatic carbocycles. The number of carboxylic acids is 1. The van der Waals surface area contributed by atoms with E-state index < -0.39 is 24.2 Å². The minimum Gasteiger partial charge on any atom is -0.490 e. The molecule has 2 aliphatic heterocycles. The summed E-state index contributed by atoms with van der Waals surface area (Å²) in [5.41, 5.74) is 0.946. The van der Waals surface area contributed by atoms with Crippen molar-refractivity contribution in [3.05, 3.63) is 65.7 Å². The van der Waals surface area contributed by atoms with Crippen LogP contribution in [0.1, 0.15) is 48.5 Å². The molecule has 2 N–H and O–H groups in total. The van der Waals surface area contributed by atoms with Crippen LogP contribution in [0.25, 0.3) is 0 Å². The summed E-state index contributed by atoms with van der Waals surface area (Å²) in [5, 5.41) is 12.3. The number of aromatic carboxylic acids is 1. The van der Waals surface area contributed by atoms with E-state index in [-0.39, 0.29) is 29.9 Å². The summed E-state index contributed by atoms with van der Waals surface area (Å²) in [7, 11) is 0. The first-order chi connectivity index (χ1) is 16.9. The Bertz CT molecular complexity index is 974. The fraction of sp³-hybridized carbons (Fsp3) is 0.481. The molecule has 2 bridgehead atoms. The lowest BCUT2D eigenvalue weighted by Gasteiger charge is -2.46. The highest BCUT2D eigenvalue weighted by Crippen LogP contribution is 2.43. The van der Waals surface area contributed by atoms with Crippen LogP contribution in [0.5, 0.6) is 5.75 Å². The molecule has 0 aromatic heterocycles. The Kier molecular flexibility index (Phi) is 8.25. The number of carboxylic acid groups (broad SMARTS) is 1. The lowest BCUT2D eigenvalue weighted by atomic mass is 9.72. The highest BCUT2D eigenvalue weighted by atomic mass is 16.6. The number of benzene rings is 2. The standard InChI is InChI=1S/C27H33NO7/c1-19(34-17-27-13-11-21(12-14-27)35-18-27)23(16-32-24-10-6-5-9-22(24)25(29)30)28-26(31)33-15-20-7-3-2-4-8-20/h2-10,19,21,23H,11-18H2,1H3,(H,28,31)(H,29,30)/t19-,21?,23-,27?/m1/s1. The highest BCUT2D eigenvalue weighted by Gasteiger charge is 2.42. The van der Waals surface area contributed by atoms with E-state index in [9.17, 15) is 14.7 Å². The lowest BCUT2D eigenvalue weighted by molar-refractivity contribution is -0.151. The first kappa shape index (κ1) is 25.0. The maximum absolute atomic E-state index is 12.6. The van der Waals surface area contributed by atoms with Gasteiger partial charge in [-0.1, -0.05) is 42.5 Å². The Morgan fingerprint density at radius 1 is 1.11 bits per heavy atom. The van der Waals surface area contributed by atoms with Gasteiger partial charge in [-0.2, -0.15) is 0 Å². The Morgan fingerprint density at radius 2 is 1.83 bits per heavy atom. The molecule has 3 fully saturated rings. The predicted molar refractivity (Wildman–Crippen MR) is 129 cm³/mol. The van der Waals surface area contributed by atoms with Gasteiger partial charge in [0.15, 0.2) is 0 Å². The van der Waals surface area contributed by atoms with Crippen LogP contribution in [0.4, 0.5) is 4.79 Å². The van der Waals surface area contributed by atoms with Crippen LogP contribution in [-0.2, 0) is 20.8 Å². The fourth-order valence-electron chi connectivity index (χ4n) is 4.58. The van der Waals surface area contributed by atoms with Crippen molar-refractivity contribution >= 4 is 12.1 Å². The predicted octanol–water partition coefficient (Wildman–Crippen LogP) is 4.42. The Hall–Kier alpha value is -3.10. The second-order valence-electron chi connectivity index (χ2n) is 9.45. The molecule has 3 aliphatic rings. The molecule has 8 heteroatoms. The van der Waals surface area contributed by atoms with E-state index in [0.717, 1.165) is 31.2 Å². The fourth-order valence-corrected chi connectivity index (χ4v) is 4.58. The number of nitrogens with one attached hydrogen (secondary N) is 1. The molecule has 1 aliphatic carbocycles. The zero-order chi connectivity index (χ0) is 24.7. The van der Waals surface area contributed by atoms with Gasteiger partial charge in [-0.05, 0) is 50.3 Å². The van der Waals surface area contributed by atoms with Crippen LogP contribution >= 0.6 is 0 Å². The molecule has 2 atom stereocenters. The molecule has 1 amide bonds. The summed E-state index contributed by atoms with van der Waals surface area (Å²) in [5.74, 6) is -0.849. The number of amides is 1. The number of para-hydroxylation sites is 1. The number of hydrogen-bond acceptors (Lipinski definition) is 6. The van der Waals surface area contributed by atoms with Gasteiger partial charge in [0.05, 0.1) is 31.5 Å². The van der Waals surface area contributed by atoms with Crippen LogP contribution in [0.15, 0.2) is 54.6 Å². The summed E-state index contributed by atoms with van der Waals surface area (Å²) in [6, 6.07) is 15.3. The van der Waals surface area contributed by atoms with E-state index in [0.29, 0.717) is 19.3 Å². The summed E-state index contributed by atoms with van der Waals surface area (Å²) in [6.45, 7) is 3.27. The average molecular weight is 484 g/mol. The molecule has 1 saturated carbocycles. The molecule has 0 spiro atoms. The van der Waals surface area contributed by atoms with E-state index in [1.54, 1.807) is 18.2 Å². The lowest BCUT2D eigenvalue weighted by Crippen LogP contribution is -2.50. The molecule has 8 nitrogen and oxygen atoms in total. The third kappa shape index (κ3) is 6.74. The molecule has 35 heavy (non-hydrogen) atoms. The third-order valence-electron chi connectivity index (χ3n) is 6.89. The van der Waals surface area contributed by atoms with Crippen molar-refractivity contribution in [3.8, 4) is 5.75 Å². The van der Waals surface area contributed by atoms with Gasteiger partial charge < -0.3 is 29.4 Å². The van der Waals surface area contributed by atoms with Crippen molar-refractivity contribution in [2.24, 2.45) is 5.41 Å². The number of ether oxygens (including phenoxy) is 4. The molecule has 5 rings (SSSR count). The number of alkyl carbamates (subject to hydrolysis) is 1. The maximum atomic E-state index is 12.6. The van der Waals surface area contributed by atoms with Gasteiger partial charge in [0, 0.05) is 5.41 Å². The topological polar surface area (TPSA) is 103 Å². The molecule has 0 radical (unpaired) electrons. The third-order valence-corrected chi connectivity index (χ3v) is 6.89. The normalized spacial score (nSPS) is 22.7. The van der Waals surface area contributed by atoms with Crippen LogP contribution in [0.2, 0.25) is 0 Å². The maximum Gasteiger partial charge on any atom is 0.407 e. The summed E-state index contributed by atoms with van der Waals surface area (Å²) < 4.78 is 23.4. The SMILES string of the molecule is C[C@@H](OCC12CCC(CC1)OC2)[C@@H](COc1ccccc1C(=O)O)NC(=O)OCc1ccccc1. The van der Waals surface area contributed by atoms with Gasteiger partial charge in [0.25, 0.3) is 0 Å². The molecule has 2 heterocycles. The number of hydrogen-bond donors (Lipinski definition) is 2. The zero-order valence-corrected chi connectivity index (χ0v) is 20.0. The van der Waals surface area contributed by atoms with Crippen molar-refractivity contribution < 1.29 is 33.6 Å². The Labute approximate surface area is 205 Å². The van der Waals surface area contributed by atoms with Crippen molar-refractivity contribution in [3.63, 3.8) is 0 Å². The minimum absolute atomic E-state index is 0.0120. The molecule has 0 unspecified atom stereocenters. The first-order valence-corrected chi connectivity index (χ1v) is 12.1. The molecular formula is C27H33NO7. The van der Waals surface area contributed by atoms with Crippen LogP contribution < -0.4 is 10.1 Å². The van der Waals surface area contributed by atoms with Crippen LogP contribution in [-0.4, -0.2) is 55.2 Å². The molecule has 2 saturated heterocycles. The van der Waals surface area contributed by atoms with Crippen molar-refractivity contribution in [1.29, 1.82) is 0 Å². The molecular weight excluding hydrogens is 450 g/mol. The zero-order valence-electron chi connectivity index (χ0n) is 20.0. The van der Waals surface area contributed by atoms with Crippen LogP contribution in [0.3, 0.4) is 0 Å². The van der Waals surface area contributed by atoms with Gasteiger partial charge in [-0.15, -0.1) is 0 Å². The van der Waals surface area contributed by atoms with Gasteiger partial charge in [-0.3, -0.25) is 0 Å². The van der Waals surface area contributed by atoms with Gasteiger partial charge in [0.1, 0.15) is 24.5 Å². The summed E-state index contributed by atoms with van der Waals surface area (Å²) >= 11 is 0. The average Bonchev–Trinajstić information content (AvgIpc) is 2.90. The number of carbonyl (C=O) groups is 2. The summed E-state index contributed by atoms with van der Waals surface area (Å²) in [4.78, 5) is 24.1. The van der Waals surface area contributed by atoms with Gasteiger partial charge in [0.2, 0.25) is 0 Å². The smallest absolute Gasteiger partial charge is 0.407 e. The second-order valence-corrected chi connectivity index (χ2v) is 9.45. The van der Waals surface area contributed by atoms with E-state index in [1.807, 2.05) is 37.3 Å². The molecule has 2 aromatic rings. The van der Waals surface area contributed by atoms with E-state index in [1.165, 1.54) is 6.07 Å². The van der Waals surface area contributed by atoms with Crippen molar-refractivity contribution in [2.45, 2.75) is 57.5 Å². The number of fused-ring (bicyclic) bond motifs is 3. The van der Waals surface area contributed by atoms with Crippen LogP contribution in [0, 0.1) is 5.41 Å². The largest absolute Gasteiger partial charge is 0.490 e. The molecule has 188 valence electrons. The highest BCUT2D eigenvalue weighted by molar-refractivity contribution is 5.90. The monoisotopic (exact) mass is 483 g/mol. The summed E-state index contributed by atoms with van der Waals surface area (Å²) in [6.07, 6.45) is 3.65. The van der Waals surface area contributed by atoms with E-state index in [4.69, 9.17) is 18.9 Å².